The minimum atomic E-state index is 0.715. The second-order valence-electron chi connectivity index (χ2n) is 4.91. The third-order valence-corrected chi connectivity index (χ3v) is 3.46. The van der Waals surface area contributed by atoms with E-state index in [1.165, 1.54) is 16.7 Å². The maximum Gasteiger partial charge on any atom is 0.0991 e. The molecule has 0 aliphatic rings. The van der Waals surface area contributed by atoms with E-state index in [4.69, 9.17) is 5.26 Å². The van der Waals surface area contributed by atoms with Crippen LogP contribution < -0.4 is 5.32 Å². The number of aryl methyl sites for hydroxylation is 3. The van der Waals surface area contributed by atoms with Crippen LogP contribution in [-0.4, -0.2) is 0 Å². The molecule has 0 atom stereocenters. The lowest BCUT2D eigenvalue weighted by Crippen LogP contribution is -2.02. The molecule has 2 nitrogen and oxygen atoms in total. The SMILES string of the molecule is Cc1ccc(NCc2ccc(C#N)cc2C)cc1C. The van der Waals surface area contributed by atoms with E-state index < -0.39 is 0 Å². The molecule has 0 amide bonds. The summed E-state index contributed by atoms with van der Waals surface area (Å²) in [6, 6.07) is 14.4. The van der Waals surface area contributed by atoms with Gasteiger partial charge in [0.05, 0.1) is 11.6 Å². The molecule has 0 fully saturated rings. The lowest BCUT2D eigenvalue weighted by molar-refractivity contribution is 1.11. The zero-order valence-corrected chi connectivity index (χ0v) is 11.6. The van der Waals surface area contributed by atoms with Gasteiger partial charge in [0, 0.05) is 12.2 Å². The van der Waals surface area contributed by atoms with E-state index in [1.807, 2.05) is 25.1 Å². The lowest BCUT2D eigenvalue weighted by atomic mass is 10.1. The highest BCUT2D eigenvalue weighted by Crippen LogP contribution is 2.17. The Hall–Kier alpha value is -2.27. The van der Waals surface area contributed by atoms with E-state index in [0.717, 1.165) is 17.8 Å². The third kappa shape index (κ3) is 3.14. The summed E-state index contributed by atoms with van der Waals surface area (Å²) in [5.41, 5.74) is 6.81. The highest BCUT2D eigenvalue weighted by Gasteiger charge is 2.01. The van der Waals surface area contributed by atoms with E-state index in [0.29, 0.717) is 5.56 Å². The highest BCUT2D eigenvalue weighted by molar-refractivity contribution is 5.49. The maximum atomic E-state index is 8.85. The Morgan fingerprint density at radius 2 is 1.74 bits per heavy atom. The Morgan fingerprint density at radius 1 is 0.947 bits per heavy atom. The van der Waals surface area contributed by atoms with Crippen LogP contribution in [0.4, 0.5) is 5.69 Å². The highest BCUT2D eigenvalue weighted by atomic mass is 14.9. The molecule has 0 aliphatic carbocycles. The number of benzene rings is 2. The van der Waals surface area contributed by atoms with Crippen molar-refractivity contribution in [1.82, 2.24) is 0 Å². The van der Waals surface area contributed by atoms with Gasteiger partial charge in [-0.3, -0.25) is 0 Å². The van der Waals surface area contributed by atoms with Gasteiger partial charge >= 0.3 is 0 Å². The summed E-state index contributed by atoms with van der Waals surface area (Å²) in [7, 11) is 0. The normalized spacial score (nSPS) is 10.0. The van der Waals surface area contributed by atoms with Crippen molar-refractivity contribution >= 4 is 5.69 Å². The number of hydrogen-bond donors (Lipinski definition) is 1. The first-order chi connectivity index (χ1) is 9.10. The first-order valence-corrected chi connectivity index (χ1v) is 6.41. The Labute approximate surface area is 114 Å². The summed E-state index contributed by atoms with van der Waals surface area (Å²) < 4.78 is 0. The van der Waals surface area contributed by atoms with E-state index >= 15 is 0 Å². The summed E-state index contributed by atoms with van der Waals surface area (Å²) in [5, 5.41) is 12.3. The first kappa shape index (κ1) is 13.2. The number of nitriles is 1. The molecule has 2 heteroatoms. The van der Waals surface area contributed by atoms with Crippen molar-refractivity contribution in [1.29, 1.82) is 5.26 Å². The summed E-state index contributed by atoms with van der Waals surface area (Å²) in [6.45, 7) is 7.05. The Bertz CT molecular complexity index is 636. The van der Waals surface area contributed by atoms with Crippen LogP contribution >= 0.6 is 0 Å². The molecular formula is C17H18N2. The topological polar surface area (TPSA) is 35.8 Å². The second-order valence-corrected chi connectivity index (χ2v) is 4.91. The largest absolute Gasteiger partial charge is 0.381 e. The minimum Gasteiger partial charge on any atom is -0.381 e. The molecule has 19 heavy (non-hydrogen) atoms. The van der Waals surface area contributed by atoms with Crippen molar-refractivity contribution in [3.63, 3.8) is 0 Å². The average Bonchev–Trinajstić information content (AvgIpc) is 2.41. The van der Waals surface area contributed by atoms with Crippen molar-refractivity contribution in [3.05, 3.63) is 64.2 Å². The summed E-state index contributed by atoms with van der Waals surface area (Å²) in [6.07, 6.45) is 0. The molecule has 2 aromatic rings. The molecule has 2 aromatic carbocycles. The second kappa shape index (κ2) is 5.58. The van der Waals surface area contributed by atoms with Crippen molar-refractivity contribution in [2.45, 2.75) is 27.3 Å². The quantitative estimate of drug-likeness (QED) is 0.890. The van der Waals surface area contributed by atoms with Gasteiger partial charge in [-0.2, -0.15) is 5.26 Å². The molecule has 2 rings (SSSR count). The maximum absolute atomic E-state index is 8.85. The summed E-state index contributed by atoms with van der Waals surface area (Å²) >= 11 is 0. The first-order valence-electron chi connectivity index (χ1n) is 6.41. The number of nitrogens with one attached hydrogen (secondary N) is 1. The Balaban J connectivity index is 2.10. The van der Waals surface area contributed by atoms with Gasteiger partial charge in [-0.25, -0.2) is 0 Å². The van der Waals surface area contributed by atoms with Crippen LogP contribution in [0.25, 0.3) is 0 Å². The van der Waals surface area contributed by atoms with E-state index in [1.54, 1.807) is 0 Å². The smallest absolute Gasteiger partial charge is 0.0991 e. The number of anilines is 1. The van der Waals surface area contributed by atoms with Gasteiger partial charge in [0.1, 0.15) is 0 Å². The van der Waals surface area contributed by atoms with Crippen LogP contribution in [0.2, 0.25) is 0 Å². The van der Waals surface area contributed by atoms with Gasteiger partial charge in [0.15, 0.2) is 0 Å². The zero-order valence-electron chi connectivity index (χ0n) is 11.6. The van der Waals surface area contributed by atoms with Crippen molar-refractivity contribution in [2.24, 2.45) is 0 Å². The van der Waals surface area contributed by atoms with Gasteiger partial charge in [0.2, 0.25) is 0 Å². The average molecular weight is 250 g/mol. The lowest BCUT2D eigenvalue weighted by Gasteiger charge is -2.11. The number of hydrogen-bond acceptors (Lipinski definition) is 2. The number of rotatable bonds is 3. The minimum absolute atomic E-state index is 0.715. The molecule has 0 saturated heterocycles. The molecule has 0 spiro atoms. The molecule has 0 unspecified atom stereocenters. The molecule has 0 radical (unpaired) electrons. The van der Waals surface area contributed by atoms with E-state index in [2.05, 4.69) is 43.4 Å². The zero-order chi connectivity index (χ0) is 13.8. The fourth-order valence-electron chi connectivity index (χ4n) is 2.01. The van der Waals surface area contributed by atoms with Crippen LogP contribution in [0.15, 0.2) is 36.4 Å². The van der Waals surface area contributed by atoms with Crippen LogP contribution in [0, 0.1) is 32.1 Å². The molecule has 0 heterocycles. The van der Waals surface area contributed by atoms with Crippen LogP contribution in [0.3, 0.4) is 0 Å². The van der Waals surface area contributed by atoms with E-state index in [9.17, 15) is 0 Å². The summed E-state index contributed by atoms with van der Waals surface area (Å²) in [4.78, 5) is 0. The monoisotopic (exact) mass is 250 g/mol. The van der Waals surface area contributed by atoms with Crippen LogP contribution in [-0.2, 0) is 6.54 Å². The van der Waals surface area contributed by atoms with Gasteiger partial charge in [0.25, 0.3) is 0 Å². The van der Waals surface area contributed by atoms with Crippen molar-refractivity contribution < 1.29 is 0 Å². The van der Waals surface area contributed by atoms with E-state index in [-0.39, 0.29) is 0 Å². The predicted octanol–water partition coefficient (Wildman–Crippen LogP) is 4.10. The predicted molar refractivity (Wildman–Crippen MR) is 79.1 cm³/mol. The Kier molecular flexibility index (Phi) is 3.87. The standard InChI is InChI=1S/C17H18N2/c1-12-4-7-17(9-13(12)2)19-11-16-6-5-15(10-18)8-14(16)3/h4-9,19H,11H2,1-3H3. The van der Waals surface area contributed by atoms with Crippen LogP contribution in [0.1, 0.15) is 27.8 Å². The third-order valence-electron chi connectivity index (χ3n) is 3.46. The summed E-state index contributed by atoms with van der Waals surface area (Å²) in [5.74, 6) is 0. The molecule has 0 bridgehead atoms. The van der Waals surface area contributed by atoms with Gasteiger partial charge < -0.3 is 5.32 Å². The fourth-order valence-corrected chi connectivity index (χ4v) is 2.01. The molecular weight excluding hydrogens is 232 g/mol. The Morgan fingerprint density at radius 3 is 2.37 bits per heavy atom. The van der Waals surface area contributed by atoms with Gasteiger partial charge in [-0.15, -0.1) is 0 Å². The fraction of sp³-hybridized carbons (Fsp3) is 0.235. The molecule has 96 valence electrons. The van der Waals surface area contributed by atoms with Crippen LogP contribution in [0.5, 0.6) is 0 Å². The molecule has 1 N–H and O–H groups in total. The van der Waals surface area contributed by atoms with Crippen molar-refractivity contribution in [3.8, 4) is 6.07 Å². The number of nitrogens with zero attached hydrogens (tertiary/aromatic N) is 1. The molecule has 0 aromatic heterocycles. The van der Waals surface area contributed by atoms with Crippen molar-refractivity contribution in [2.75, 3.05) is 5.32 Å². The van der Waals surface area contributed by atoms with Gasteiger partial charge in [-0.1, -0.05) is 12.1 Å². The molecule has 0 saturated carbocycles. The molecule has 0 aliphatic heterocycles. The van der Waals surface area contributed by atoms with Gasteiger partial charge in [-0.05, 0) is 67.3 Å².